The second kappa shape index (κ2) is 10.5. The summed E-state index contributed by atoms with van der Waals surface area (Å²) in [6, 6.07) is 3.64. The number of nitrogens with one attached hydrogen (secondary N) is 1. The number of aromatic nitrogens is 1. The van der Waals surface area contributed by atoms with Crippen LogP contribution in [0.5, 0.6) is 5.88 Å². The molecule has 0 aromatic carbocycles. The Hall–Kier alpha value is -1.33. The maximum atomic E-state index is 9.78. The van der Waals surface area contributed by atoms with Gasteiger partial charge in [-0.15, -0.1) is 0 Å². The average molecular weight is 282 g/mol. The van der Waals surface area contributed by atoms with Gasteiger partial charge in [-0.3, -0.25) is 0 Å². The van der Waals surface area contributed by atoms with Crippen molar-refractivity contribution >= 4 is 5.69 Å². The standard InChI is InChI=1S/C15H26N2O3/c1-3-4-5-6-9-20-12-14(18)11-16-13-7-8-15(19-2)17-10-13/h7-8,10,14,16,18H,3-6,9,11-12H2,1-2H3. The lowest BCUT2D eigenvalue weighted by Crippen LogP contribution is -2.25. The van der Waals surface area contributed by atoms with Crippen molar-refractivity contribution in [2.24, 2.45) is 0 Å². The molecule has 0 aliphatic heterocycles. The Kier molecular flexibility index (Phi) is 8.74. The highest BCUT2D eigenvalue weighted by atomic mass is 16.5. The van der Waals surface area contributed by atoms with Crippen LogP contribution in [0.25, 0.3) is 0 Å². The first-order valence-electron chi connectivity index (χ1n) is 7.26. The van der Waals surface area contributed by atoms with Crippen molar-refractivity contribution in [1.82, 2.24) is 4.98 Å². The molecule has 1 unspecified atom stereocenters. The van der Waals surface area contributed by atoms with E-state index in [4.69, 9.17) is 9.47 Å². The van der Waals surface area contributed by atoms with E-state index in [2.05, 4.69) is 17.2 Å². The maximum absolute atomic E-state index is 9.78. The van der Waals surface area contributed by atoms with Gasteiger partial charge < -0.3 is 19.9 Å². The number of ether oxygens (including phenoxy) is 2. The molecule has 1 atom stereocenters. The summed E-state index contributed by atoms with van der Waals surface area (Å²) in [6.07, 6.45) is 5.90. The van der Waals surface area contributed by atoms with Gasteiger partial charge >= 0.3 is 0 Å². The van der Waals surface area contributed by atoms with Crippen LogP contribution in [-0.2, 0) is 4.74 Å². The number of nitrogens with zero attached hydrogens (tertiary/aromatic N) is 1. The highest BCUT2D eigenvalue weighted by Crippen LogP contribution is 2.10. The van der Waals surface area contributed by atoms with Crippen molar-refractivity contribution in [1.29, 1.82) is 0 Å². The van der Waals surface area contributed by atoms with Gasteiger partial charge in [-0.05, 0) is 12.5 Å². The summed E-state index contributed by atoms with van der Waals surface area (Å²) >= 11 is 0. The molecule has 0 spiro atoms. The third kappa shape index (κ3) is 7.31. The normalized spacial score (nSPS) is 12.2. The average Bonchev–Trinajstić information content (AvgIpc) is 2.49. The van der Waals surface area contributed by atoms with E-state index in [9.17, 15) is 5.11 Å². The number of unbranched alkanes of at least 4 members (excludes halogenated alkanes) is 3. The summed E-state index contributed by atoms with van der Waals surface area (Å²) in [5.74, 6) is 0.575. The maximum Gasteiger partial charge on any atom is 0.213 e. The van der Waals surface area contributed by atoms with Crippen LogP contribution in [0.2, 0.25) is 0 Å². The zero-order chi connectivity index (χ0) is 14.6. The third-order valence-corrected chi connectivity index (χ3v) is 2.94. The lowest BCUT2D eigenvalue weighted by atomic mass is 10.2. The van der Waals surface area contributed by atoms with E-state index in [0.717, 1.165) is 18.7 Å². The van der Waals surface area contributed by atoms with Crippen LogP contribution in [0.1, 0.15) is 32.6 Å². The first kappa shape index (κ1) is 16.7. The first-order chi connectivity index (χ1) is 9.76. The molecule has 0 radical (unpaired) electrons. The topological polar surface area (TPSA) is 63.6 Å². The Labute approximate surface area is 121 Å². The molecule has 1 heterocycles. The predicted molar refractivity (Wildman–Crippen MR) is 80.2 cm³/mol. The number of anilines is 1. The summed E-state index contributed by atoms with van der Waals surface area (Å²) in [7, 11) is 1.58. The SMILES string of the molecule is CCCCCCOCC(O)CNc1ccc(OC)nc1. The van der Waals surface area contributed by atoms with Crippen LogP contribution < -0.4 is 10.1 Å². The summed E-state index contributed by atoms with van der Waals surface area (Å²) in [5.41, 5.74) is 0.854. The van der Waals surface area contributed by atoms with Crippen LogP contribution in [0.4, 0.5) is 5.69 Å². The first-order valence-corrected chi connectivity index (χ1v) is 7.26. The summed E-state index contributed by atoms with van der Waals surface area (Å²) in [4.78, 5) is 4.08. The molecule has 0 fully saturated rings. The summed E-state index contributed by atoms with van der Waals surface area (Å²) in [6.45, 7) is 3.72. The minimum absolute atomic E-state index is 0.364. The van der Waals surface area contributed by atoms with Gasteiger partial charge in [0.15, 0.2) is 0 Å². The number of aliphatic hydroxyl groups is 1. The fourth-order valence-electron chi connectivity index (χ4n) is 1.75. The molecule has 5 nitrogen and oxygen atoms in total. The molecule has 0 aliphatic carbocycles. The van der Waals surface area contributed by atoms with Crippen molar-refractivity contribution < 1.29 is 14.6 Å². The predicted octanol–water partition coefficient (Wildman–Crippen LogP) is 2.46. The van der Waals surface area contributed by atoms with Crippen molar-refractivity contribution in [3.63, 3.8) is 0 Å². The lowest BCUT2D eigenvalue weighted by Gasteiger charge is -2.13. The largest absolute Gasteiger partial charge is 0.481 e. The van der Waals surface area contributed by atoms with Gasteiger partial charge in [0.05, 0.1) is 31.7 Å². The molecule has 1 rings (SSSR count). The van der Waals surface area contributed by atoms with E-state index in [-0.39, 0.29) is 0 Å². The van der Waals surface area contributed by atoms with Gasteiger partial charge in [0.2, 0.25) is 5.88 Å². The Bertz CT molecular complexity index is 343. The van der Waals surface area contributed by atoms with E-state index in [1.165, 1.54) is 19.3 Å². The van der Waals surface area contributed by atoms with Crippen LogP contribution in [0, 0.1) is 0 Å². The van der Waals surface area contributed by atoms with Gasteiger partial charge in [0, 0.05) is 19.2 Å². The van der Waals surface area contributed by atoms with Gasteiger partial charge in [-0.2, -0.15) is 0 Å². The van der Waals surface area contributed by atoms with E-state index in [1.54, 1.807) is 19.4 Å². The molecule has 0 bridgehead atoms. The van der Waals surface area contributed by atoms with E-state index < -0.39 is 6.10 Å². The van der Waals surface area contributed by atoms with Crippen molar-refractivity contribution in [3.8, 4) is 5.88 Å². The minimum atomic E-state index is -0.511. The lowest BCUT2D eigenvalue weighted by molar-refractivity contribution is 0.0417. The Morgan fingerprint density at radius 2 is 2.15 bits per heavy atom. The number of hydrogen-bond acceptors (Lipinski definition) is 5. The minimum Gasteiger partial charge on any atom is -0.481 e. The summed E-state index contributed by atoms with van der Waals surface area (Å²) in [5, 5.41) is 12.9. The second-order valence-corrected chi connectivity index (χ2v) is 4.76. The molecule has 1 aromatic heterocycles. The van der Waals surface area contributed by atoms with Gasteiger partial charge in [0.1, 0.15) is 0 Å². The number of rotatable bonds is 11. The molecule has 0 saturated heterocycles. The zero-order valence-corrected chi connectivity index (χ0v) is 12.5. The van der Waals surface area contributed by atoms with Gasteiger partial charge in [-0.1, -0.05) is 26.2 Å². The highest BCUT2D eigenvalue weighted by Gasteiger charge is 2.04. The molecule has 0 amide bonds. The van der Waals surface area contributed by atoms with E-state index >= 15 is 0 Å². The van der Waals surface area contributed by atoms with Crippen LogP contribution in [0.15, 0.2) is 18.3 Å². The van der Waals surface area contributed by atoms with Crippen molar-refractivity contribution in [2.75, 3.05) is 32.2 Å². The molecule has 2 N–H and O–H groups in total. The molecule has 5 heteroatoms. The number of pyridine rings is 1. The van der Waals surface area contributed by atoms with Crippen molar-refractivity contribution in [2.45, 2.75) is 38.7 Å². The fraction of sp³-hybridized carbons (Fsp3) is 0.667. The number of methoxy groups -OCH3 is 1. The molecular formula is C15H26N2O3. The second-order valence-electron chi connectivity index (χ2n) is 4.76. The van der Waals surface area contributed by atoms with Gasteiger partial charge in [0.25, 0.3) is 0 Å². The molecular weight excluding hydrogens is 256 g/mol. The van der Waals surface area contributed by atoms with Crippen LogP contribution in [0.3, 0.4) is 0 Å². The smallest absolute Gasteiger partial charge is 0.213 e. The molecule has 0 aliphatic rings. The quantitative estimate of drug-likeness (QED) is 0.610. The van der Waals surface area contributed by atoms with Crippen LogP contribution in [-0.4, -0.2) is 43.1 Å². The number of hydrogen-bond donors (Lipinski definition) is 2. The van der Waals surface area contributed by atoms with E-state index in [1.807, 2.05) is 6.07 Å². The Morgan fingerprint density at radius 3 is 2.80 bits per heavy atom. The summed E-state index contributed by atoms with van der Waals surface area (Å²) < 4.78 is 10.4. The molecule has 1 aromatic rings. The monoisotopic (exact) mass is 282 g/mol. The third-order valence-electron chi connectivity index (χ3n) is 2.94. The van der Waals surface area contributed by atoms with Gasteiger partial charge in [-0.25, -0.2) is 4.98 Å². The van der Waals surface area contributed by atoms with E-state index in [0.29, 0.717) is 19.0 Å². The van der Waals surface area contributed by atoms with Crippen LogP contribution >= 0.6 is 0 Å². The highest BCUT2D eigenvalue weighted by molar-refractivity contribution is 5.42. The Balaban J connectivity index is 2.08. The fourth-order valence-corrected chi connectivity index (χ4v) is 1.75. The van der Waals surface area contributed by atoms with Crippen molar-refractivity contribution in [3.05, 3.63) is 18.3 Å². The molecule has 20 heavy (non-hydrogen) atoms. The molecule has 114 valence electrons. The Morgan fingerprint density at radius 1 is 1.30 bits per heavy atom. The number of aliphatic hydroxyl groups excluding tert-OH is 1. The zero-order valence-electron chi connectivity index (χ0n) is 12.5. The molecule has 0 saturated carbocycles.